The molecule has 74 heavy (non-hydrogen) atoms. The third-order valence-corrected chi connectivity index (χ3v) is 14.2. The van der Waals surface area contributed by atoms with E-state index in [2.05, 4.69) is 92.1 Å². The fourth-order valence-electron chi connectivity index (χ4n) is 9.38. The van der Waals surface area contributed by atoms with Crippen LogP contribution in [0.15, 0.2) is 85.1 Å². The second-order valence-electron chi connectivity index (χ2n) is 21.1. The number of amides is 1. The fourth-order valence-corrected chi connectivity index (χ4v) is 9.38. The zero-order chi connectivity index (χ0) is 53.6. The predicted molar refractivity (Wildman–Crippen MR) is 313 cm³/mol. The maximum Gasteiger partial charge on any atom is 0.220 e. The molecular weight excluding hydrogens is 923 g/mol. The van der Waals surface area contributed by atoms with Crippen LogP contribution in [0, 0.1) is 0 Å². The van der Waals surface area contributed by atoms with Crippen molar-refractivity contribution in [3.05, 3.63) is 85.1 Å². The van der Waals surface area contributed by atoms with E-state index in [0.29, 0.717) is 6.42 Å². The molecule has 1 rings (SSSR count). The van der Waals surface area contributed by atoms with Crippen molar-refractivity contribution in [3.63, 3.8) is 0 Å². The summed E-state index contributed by atoms with van der Waals surface area (Å²) in [5.74, 6) is -0.191. The summed E-state index contributed by atoms with van der Waals surface area (Å²) in [6, 6.07) is -0.829. The van der Waals surface area contributed by atoms with Gasteiger partial charge in [-0.1, -0.05) is 266 Å². The van der Waals surface area contributed by atoms with Gasteiger partial charge in [0, 0.05) is 6.42 Å². The van der Waals surface area contributed by atoms with E-state index in [0.717, 1.165) is 77.0 Å². The summed E-state index contributed by atoms with van der Waals surface area (Å²) in [5, 5.41) is 54.6. The SMILES string of the molecule is CC/C=C\C/C=C\C/C=C\C/C=C\C/C=C\CCCCCCCCCCCCCC(=O)NC(COC1OC(CO)C(O)C(O)C1O)C(O)/C=C/CC/C=C/CCCCCCCCCCCCCCCCCCCC. The van der Waals surface area contributed by atoms with E-state index in [-0.39, 0.29) is 12.5 Å². The molecule has 7 unspecified atom stereocenters. The summed E-state index contributed by atoms with van der Waals surface area (Å²) in [6.45, 7) is 3.67. The number of carbonyl (C=O) groups excluding carboxylic acids is 1. The first-order chi connectivity index (χ1) is 36.3. The number of nitrogens with one attached hydrogen (secondary N) is 1. The van der Waals surface area contributed by atoms with Gasteiger partial charge in [0.05, 0.1) is 25.4 Å². The van der Waals surface area contributed by atoms with Crippen LogP contribution in [-0.4, -0.2) is 87.5 Å². The van der Waals surface area contributed by atoms with Gasteiger partial charge in [0.1, 0.15) is 24.4 Å². The number of unbranched alkanes of at least 4 members (excludes halogenated alkanes) is 30. The van der Waals surface area contributed by atoms with Gasteiger partial charge in [-0.05, 0) is 77.0 Å². The summed E-state index contributed by atoms with van der Waals surface area (Å²) in [5.41, 5.74) is 0. The number of aliphatic hydroxyl groups is 5. The molecule has 0 saturated carbocycles. The molecule has 7 atom stereocenters. The molecule has 1 aliphatic rings. The summed E-state index contributed by atoms with van der Waals surface area (Å²) < 4.78 is 11.3. The predicted octanol–water partition coefficient (Wildman–Crippen LogP) is 15.8. The van der Waals surface area contributed by atoms with Crippen LogP contribution < -0.4 is 5.32 Å². The van der Waals surface area contributed by atoms with Crippen molar-refractivity contribution in [2.45, 2.75) is 307 Å². The van der Waals surface area contributed by atoms with Crippen molar-refractivity contribution in [3.8, 4) is 0 Å². The van der Waals surface area contributed by atoms with Gasteiger partial charge < -0.3 is 40.3 Å². The molecule has 0 aromatic heterocycles. The van der Waals surface area contributed by atoms with E-state index in [1.807, 2.05) is 6.08 Å². The van der Waals surface area contributed by atoms with Crippen molar-refractivity contribution in [2.75, 3.05) is 13.2 Å². The number of hydrogen-bond donors (Lipinski definition) is 6. The van der Waals surface area contributed by atoms with E-state index in [9.17, 15) is 30.3 Å². The molecule has 1 aliphatic heterocycles. The highest BCUT2D eigenvalue weighted by atomic mass is 16.7. The normalized spacial score (nSPS) is 19.6. The van der Waals surface area contributed by atoms with Crippen LogP contribution in [0.4, 0.5) is 0 Å². The minimum Gasteiger partial charge on any atom is -0.394 e. The molecule has 1 amide bonds. The van der Waals surface area contributed by atoms with E-state index >= 15 is 0 Å². The van der Waals surface area contributed by atoms with Crippen LogP contribution in [0.25, 0.3) is 0 Å². The summed E-state index contributed by atoms with van der Waals surface area (Å²) >= 11 is 0. The number of rotatable bonds is 52. The Labute approximate surface area is 454 Å². The number of carbonyl (C=O) groups is 1. The molecule has 6 N–H and O–H groups in total. The maximum absolute atomic E-state index is 13.1. The van der Waals surface area contributed by atoms with E-state index in [4.69, 9.17) is 9.47 Å². The number of aliphatic hydroxyl groups excluding tert-OH is 5. The van der Waals surface area contributed by atoms with Gasteiger partial charge in [-0.2, -0.15) is 0 Å². The minimum atomic E-state index is -1.58. The van der Waals surface area contributed by atoms with Crippen LogP contribution in [-0.2, 0) is 14.3 Å². The molecule has 0 bridgehead atoms. The van der Waals surface area contributed by atoms with Crippen LogP contribution in [0.2, 0.25) is 0 Å². The fraction of sp³-hybridized carbons (Fsp3) is 0.769. The zero-order valence-corrected chi connectivity index (χ0v) is 47.6. The first-order valence-corrected chi connectivity index (χ1v) is 30.8. The molecule has 9 nitrogen and oxygen atoms in total. The molecule has 1 saturated heterocycles. The highest BCUT2D eigenvalue weighted by Gasteiger charge is 2.44. The maximum atomic E-state index is 13.1. The lowest BCUT2D eigenvalue weighted by molar-refractivity contribution is -0.302. The quantitative estimate of drug-likeness (QED) is 0.0261. The van der Waals surface area contributed by atoms with Gasteiger partial charge in [-0.3, -0.25) is 4.79 Å². The summed E-state index contributed by atoms with van der Waals surface area (Å²) in [6.07, 6.45) is 69.4. The van der Waals surface area contributed by atoms with Gasteiger partial charge in [0.15, 0.2) is 6.29 Å². The lowest BCUT2D eigenvalue weighted by Gasteiger charge is -2.40. The third-order valence-electron chi connectivity index (χ3n) is 14.2. The van der Waals surface area contributed by atoms with Crippen molar-refractivity contribution in [2.24, 2.45) is 0 Å². The third kappa shape index (κ3) is 42.5. The average Bonchev–Trinajstić information content (AvgIpc) is 3.40. The second-order valence-corrected chi connectivity index (χ2v) is 21.1. The lowest BCUT2D eigenvalue weighted by atomic mass is 9.99. The van der Waals surface area contributed by atoms with Crippen molar-refractivity contribution in [1.82, 2.24) is 5.32 Å². The molecule has 9 heteroatoms. The zero-order valence-electron chi connectivity index (χ0n) is 47.6. The molecule has 1 fully saturated rings. The van der Waals surface area contributed by atoms with Gasteiger partial charge in [-0.15, -0.1) is 0 Å². The molecular formula is C65H115NO8. The van der Waals surface area contributed by atoms with Crippen LogP contribution in [0.1, 0.15) is 264 Å². The van der Waals surface area contributed by atoms with Crippen LogP contribution in [0.5, 0.6) is 0 Å². The molecule has 1 heterocycles. The summed E-state index contributed by atoms with van der Waals surface area (Å²) in [4.78, 5) is 13.1. The van der Waals surface area contributed by atoms with Crippen molar-refractivity contribution < 1.29 is 39.8 Å². The molecule has 0 aliphatic carbocycles. The monoisotopic (exact) mass is 1040 g/mol. The largest absolute Gasteiger partial charge is 0.394 e. The van der Waals surface area contributed by atoms with E-state index in [1.165, 1.54) is 167 Å². The number of ether oxygens (including phenoxy) is 2. The molecule has 0 radical (unpaired) electrons. The Morgan fingerprint density at radius 2 is 0.851 bits per heavy atom. The van der Waals surface area contributed by atoms with E-state index < -0.39 is 49.5 Å². The Balaban J connectivity index is 2.23. The second kappa shape index (κ2) is 53.8. The Morgan fingerprint density at radius 3 is 1.30 bits per heavy atom. The molecule has 0 spiro atoms. The Kier molecular flexibility index (Phi) is 50.4. The Morgan fingerprint density at radius 1 is 0.473 bits per heavy atom. The smallest absolute Gasteiger partial charge is 0.220 e. The van der Waals surface area contributed by atoms with Crippen LogP contribution >= 0.6 is 0 Å². The topological polar surface area (TPSA) is 149 Å². The first kappa shape index (κ1) is 69.4. The van der Waals surface area contributed by atoms with Gasteiger partial charge in [0.2, 0.25) is 5.91 Å². The average molecular weight is 1040 g/mol. The number of allylic oxidation sites excluding steroid dienone is 13. The van der Waals surface area contributed by atoms with Crippen LogP contribution in [0.3, 0.4) is 0 Å². The molecule has 0 aromatic carbocycles. The summed E-state index contributed by atoms with van der Waals surface area (Å²) in [7, 11) is 0. The van der Waals surface area contributed by atoms with Gasteiger partial charge in [-0.25, -0.2) is 0 Å². The highest BCUT2D eigenvalue weighted by Crippen LogP contribution is 2.23. The lowest BCUT2D eigenvalue weighted by Crippen LogP contribution is -2.60. The molecule has 0 aromatic rings. The Bertz CT molecular complexity index is 1440. The first-order valence-electron chi connectivity index (χ1n) is 30.8. The highest BCUT2D eigenvalue weighted by molar-refractivity contribution is 5.76. The Hall–Kier alpha value is -2.63. The van der Waals surface area contributed by atoms with Gasteiger partial charge in [0.25, 0.3) is 0 Å². The van der Waals surface area contributed by atoms with Crippen molar-refractivity contribution in [1.29, 1.82) is 0 Å². The van der Waals surface area contributed by atoms with Crippen molar-refractivity contribution >= 4 is 5.91 Å². The minimum absolute atomic E-state index is 0.191. The number of hydrogen-bond acceptors (Lipinski definition) is 8. The standard InChI is InChI=1S/C65H115NO8/c1-3-5-7-9-11-13-15-17-19-21-23-25-27-29-30-31-33-35-37-39-41-43-45-47-49-51-53-55-61(69)66-58(57-73-65-64(72)63(71)62(70)60(56-67)74-65)59(68)54-52-50-48-46-44-42-40-38-36-34-32-28-26-24-22-20-18-16-14-12-10-8-6-4-2/h5,7,11,13,17,19,23,25,29-30,44,46,52,54,58-60,62-65,67-68,70-72H,3-4,6,8-10,12,14-16,18,20-22,24,26-28,31-43,45,47-51,53,55-57H2,1-2H3,(H,66,69)/b7-5-,13-11-,19-17-,25-23-,30-29-,46-44+,54-52+. The molecule has 428 valence electrons. The van der Waals surface area contributed by atoms with Gasteiger partial charge >= 0.3 is 0 Å². The van der Waals surface area contributed by atoms with E-state index in [1.54, 1.807) is 6.08 Å².